The van der Waals surface area contributed by atoms with Gasteiger partial charge in [0.15, 0.2) is 0 Å². The van der Waals surface area contributed by atoms with Gasteiger partial charge >= 0.3 is 6.09 Å². The van der Waals surface area contributed by atoms with Gasteiger partial charge in [-0.3, -0.25) is 9.59 Å². The smallest absolute Gasteiger partial charge is 0.408 e. The summed E-state index contributed by atoms with van der Waals surface area (Å²) in [7, 11) is 0. The van der Waals surface area contributed by atoms with E-state index < -0.39 is 23.8 Å². The molecule has 2 atom stereocenters. The zero-order valence-electron chi connectivity index (χ0n) is 24.6. The second-order valence-corrected chi connectivity index (χ2v) is 11.6. The van der Waals surface area contributed by atoms with E-state index in [1.54, 1.807) is 25.7 Å². The molecule has 3 rings (SSSR count). The lowest BCUT2D eigenvalue weighted by Crippen LogP contribution is -2.53. The van der Waals surface area contributed by atoms with Crippen molar-refractivity contribution in [2.45, 2.75) is 77.5 Å². The number of hydrogen-bond donors (Lipinski definition) is 3. The average Bonchev–Trinajstić information content (AvgIpc) is 2.94. The number of fused-ring (bicyclic) bond motifs is 1. The molecule has 0 saturated carbocycles. The number of hydrogen-bond acceptors (Lipinski definition) is 5. The summed E-state index contributed by atoms with van der Waals surface area (Å²) in [4.78, 5) is 42.3. The number of rotatable bonds is 13. The fourth-order valence-corrected chi connectivity index (χ4v) is 4.92. The molecule has 3 aromatic rings. The second kappa shape index (κ2) is 15.5. The van der Waals surface area contributed by atoms with Gasteiger partial charge in [0.25, 0.3) is 5.91 Å². The molecule has 0 saturated heterocycles. The molecule has 8 heteroatoms. The van der Waals surface area contributed by atoms with E-state index in [0.29, 0.717) is 17.8 Å². The number of carbonyl (C=O) groups excluding carboxylic acids is 3. The third-order valence-electron chi connectivity index (χ3n) is 6.65. The molecule has 3 amide bonds. The Morgan fingerprint density at radius 3 is 2.20 bits per heavy atom. The first kappa shape index (κ1) is 32.0. The highest BCUT2D eigenvalue weighted by molar-refractivity contribution is 7.80. The lowest BCUT2D eigenvalue weighted by atomic mass is 10.0. The molecule has 0 fully saturated rings. The zero-order chi connectivity index (χ0) is 29.8. The fourth-order valence-electron chi connectivity index (χ4n) is 4.67. The molecule has 0 aromatic heterocycles. The summed E-state index contributed by atoms with van der Waals surface area (Å²) in [5.74, 6) is -0.662. The molecule has 0 bridgehead atoms. The first-order chi connectivity index (χ1) is 19.6. The molecule has 2 unspecified atom stereocenters. The molecule has 0 aliphatic rings. The van der Waals surface area contributed by atoms with Crippen molar-refractivity contribution < 1.29 is 19.1 Å². The lowest BCUT2D eigenvalue weighted by Gasteiger charge is -2.34. The predicted molar refractivity (Wildman–Crippen MR) is 169 cm³/mol. The molecule has 2 N–H and O–H groups in total. The predicted octanol–water partition coefficient (Wildman–Crippen LogP) is 7.14. The summed E-state index contributed by atoms with van der Waals surface area (Å²) in [5, 5.41) is 7.78. The van der Waals surface area contributed by atoms with Crippen LogP contribution in [0, 0.1) is 0 Å². The van der Waals surface area contributed by atoms with Crippen LogP contribution in [0.4, 0.5) is 10.5 Å². The number of amides is 3. The van der Waals surface area contributed by atoms with E-state index in [1.165, 1.54) is 0 Å². The summed E-state index contributed by atoms with van der Waals surface area (Å²) in [6.45, 7) is 7.78. The van der Waals surface area contributed by atoms with Gasteiger partial charge in [-0.1, -0.05) is 93.3 Å². The van der Waals surface area contributed by atoms with Crippen molar-refractivity contribution in [2.24, 2.45) is 0 Å². The maximum Gasteiger partial charge on any atom is 0.408 e. The monoisotopic (exact) mass is 577 g/mol. The number of nitrogens with zero attached hydrogens (tertiary/aromatic N) is 1. The minimum Gasteiger partial charge on any atom is -0.444 e. The van der Waals surface area contributed by atoms with Crippen molar-refractivity contribution in [3.8, 4) is 0 Å². The Labute approximate surface area is 249 Å². The van der Waals surface area contributed by atoms with Gasteiger partial charge in [-0.25, -0.2) is 4.79 Å². The Bertz CT molecular complexity index is 1290. The van der Waals surface area contributed by atoms with Crippen LogP contribution >= 0.6 is 12.6 Å². The normalized spacial score (nSPS) is 12.8. The molecule has 3 aromatic carbocycles. The summed E-state index contributed by atoms with van der Waals surface area (Å²) in [6.07, 6.45) is 4.21. The van der Waals surface area contributed by atoms with Gasteiger partial charge in [0.05, 0.1) is 0 Å². The van der Waals surface area contributed by atoms with E-state index in [9.17, 15) is 14.4 Å². The second-order valence-electron chi connectivity index (χ2n) is 11.2. The summed E-state index contributed by atoms with van der Waals surface area (Å²) in [5.41, 5.74) is 0.602. The molecule has 0 aliphatic heterocycles. The Balaban J connectivity index is 1.94. The highest BCUT2D eigenvalue weighted by Crippen LogP contribution is 2.27. The molecule has 0 spiro atoms. The number of carbonyl (C=O) groups is 3. The van der Waals surface area contributed by atoms with Crippen LogP contribution in [0.2, 0.25) is 0 Å². The molecular formula is C33H43N3O4S. The van der Waals surface area contributed by atoms with Crippen molar-refractivity contribution >= 4 is 47.0 Å². The van der Waals surface area contributed by atoms with Crippen LogP contribution < -0.4 is 10.6 Å². The zero-order valence-corrected chi connectivity index (χ0v) is 25.5. The number of unbranched alkanes of at least 4 members (excludes halogenated alkanes) is 4. The van der Waals surface area contributed by atoms with E-state index in [2.05, 4.69) is 30.2 Å². The molecule has 41 heavy (non-hydrogen) atoms. The van der Waals surface area contributed by atoms with Crippen LogP contribution in [0.3, 0.4) is 0 Å². The minimum absolute atomic E-state index is 0.0538. The Morgan fingerprint density at radius 2 is 1.54 bits per heavy atom. The largest absolute Gasteiger partial charge is 0.444 e. The van der Waals surface area contributed by atoms with E-state index >= 15 is 0 Å². The van der Waals surface area contributed by atoms with E-state index in [0.717, 1.165) is 42.9 Å². The Morgan fingerprint density at radius 1 is 0.878 bits per heavy atom. The quantitative estimate of drug-likeness (QED) is 0.149. The van der Waals surface area contributed by atoms with Gasteiger partial charge in [-0.15, -0.1) is 0 Å². The average molecular weight is 578 g/mol. The van der Waals surface area contributed by atoms with Crippen LogP contribution in [0.15, 0.2) is 72.8 Å². The van der Waals surface area contributed by atoms with Crippen LogP contribution in [0.5, 0.6) is 0 Å². The van der Waals surface area contributed by atoms with Gasteiger partial charge in [-0.2, -0.15) is 12.6 Å². The molecule has 220 valence electrons. The minimum atomic E-state index is -0.969. The van der Waals surface area contributed by atoms with Crippen molar-refractivity contribution in [3.05, 3.63) is 78.4 Å². The first-order valence-corrected chi connectivity index (χ1v) is 15.0. The maximum atomic E-state index is 14.1. The molecule has 0 radical (unpaired) electrons. The van der Waals surface area contributed by atoms with Gasteiger partial charge in [0, 0.05) is 18.0 Å². The van der Waals surface area contributed by atoms with Crippen molar-refractivity contribution in [2.75, 3.05) is 17.6 Å². The molecule has 0 aliphatic carbocycles. The van der Waals surface area contributed by atoms with Crippen molar-refractivity contribution in [3.63, 3.8) is 0 Å². The Hall–Kier alpha value is -3.52. The van der Waals surface area contributed by atoms with Gasteiger partial charge in [0.1, 0.15) is 17.7 Å². The fraction of sp³-hybridized carbons (Fsp3) is 0.424. The standard InChI is InChI=1S/C33H43N3O4S/c1-5-6-7-8-14-21-36(31(38)28(23-41)35-32(39)40-33(2,3)4)29(25-16-10-9-11-17-25)30(37)34-27-20-19-24-15-12-13-18-26(24)22-27/h9-13,15-20,22,28-29,41H,5-8,14,21,23H2,1-4H3,(H,34,37)(H,35,39). The van der Waals surface area contributed by atoms with Crippen LogP contribution in [-0.4, -0.2) is 46.7 Å². The number of anilines is 1. The Kier molecular flexibility index (Phi) is 12.1. The van der Waals surface area contributed by atoms with Gasteiger partial charge in [0.2, 0.25) is 5.91 Å². The van der Waals surface area contributed by atoms with E-state index in [1.807, 2.05) is 72.8 Å². The SMILES string of the molecule is CCCCCCCN(C(=O)C(CS)NC(=O)OC(C)(C)C)C(C(=O)Nc1ccc2ccccc2c1)c1ccccc1. The van der Waals surface area contributed by atoms with Crippen LogP contribution in [0.25, 0.3) is 10.8 Å². The number of nitrogens with one attached hydrogen (secondary N) is 2. The molecular weight excluding hydrogens is 534 g/mol. The third kappa shape index (κ3) is 9.81. The summed E-state index contributed by atoms with van der Waals surface area (Å²) >= 11 is 4.38. The topological polar surface area (TPSA) is 87.7 Å². The molecule has 0 heterocycles. The number of benzene rings is 3. The first-order valence-electron chi connectivity index (χ1n) is 14.4. The number of alkyl carbamates (subject to hydrolysis) is 1. The highest BCUT2D eigenvalue weighted by atomic mass is 32.1. The lowest BCUT2D eigenvalue weighted by molar-refractivity contribution is -0.140. The van der Waals surface area contributed by atoms with Gasteiger partial charge < -0.3 is 20.3 Å². The van der Waals surface area contributed by atoms with Crippen LogP contribution in [0.1, 0.15) is 71.4 Å². The maximum absolute atomic E-state index is 14.1. The number of ether oxygens (including phenoxy) is 1. The van der Waals surface area contributed by atoms with Gasteiger partial charge in [-0.05, 0) is 55.7 Å². The van der Waals surface area contributed by atoms with E-state index in [4.69, 9.17) is 4.74 Å². The van der Waals surface area contributed by atoms with Crippen LogP contribution in [-0.2, 0) is 14.3 Å². The summed E-state index contributed by atoms with van der Waals surface area (Å²) < 4.78 is 5.40. The van der Waals surface area contributed by atoms with Crippen molar-refractivity contribution in [1.82, 2.24) is 10.2 Å². The van der Waals surface area contributed by atoms with E-state index in [-0.39, 0.29) is 17.6 Å². The van der Waals surface area contributed by atoms with Crippen molar-refractivity contribution in [1.29, 1.82) is 0 Å². The summed E-state index contributed by atoms with van der Waals surface area (Å²) in [6, 6.07) is 21.1. The highest BCUT2D eigenvalue weighted by Gasteiger charge is 2.35. The number of thiol groups is 1. The molecule has 7 nitrogen and oxygen atoms in total. The third-order valence-corrected chi connectivity index (χ3v) is 7.01.